The highest BCUT2D eigenvalue weighted by Gasteiger charge is 2.46. The van der Waals surface area contributed by atoms with Gasteiger partial charge in [-0.3, -0.25) is 9.59 Å². The number of rotatable bonds is 7. The molecule has 7 atom stereocenters. The maximum atomic E-state index is 13.2. The first kappa shape index (κ1) is 27.6. The van der Waals surface area contributed by atoms with Crippen molar-refractivity contribution in [3.05, 3.63) is 39.3 Å². The largest absolute Gasteiger partial charge is 0.507 e. The lowest BCUT2D eigenvalue weighted by atomic mass is 9.76. The van der Waals surface area contributed by atoms with E-state index in [1.165, 1.54) is 10.8 Å². The minimum absolute atomic E-state index is 0.0146. The summed E-state index contributed by atoms with van der Waals surface area (Å²) in [4.78, 5) is 24.9. The van der Waals surface area contributed by atoms with E-state index >= 15 is 0 Å². The van der Waals surface area contributed by atoms with E-state index in [1.807, 2.05) is 0 Å². The van der Waals surface area contributed by atoms with Gasteiger partial charge >= 0.3 is 0 Å². The maximum Gasteiger partial charge on any atom is 0.259 e. The second kappa shape index (κ2) is 11.0. The summed E-state index contributed by atoms with van der Waals surface area (Å²) in [7, 11) is 1.56. The molecule has 0 aromatic carbocycles. The molecule has 3 N–H and O–H groups in total. The number of ether oxygens (including phenoxy) is 1. The average Bonchev–Trinajstić information content (AvgIpc) is 2.79. The lowest BCUT2D eigenvalue weighted by Crippen LogP contribution is -2.46. The maximum absolute atomic E-state index is 13.2. The third-order valence-corrected chi connectivity index (χ3v) is 8.11. The average molecular weight is 490 g/mol. The number of aryl methyl sites for hydroxylation is 1. The van der Waals surface area contributed by atoms with Crippen LogP contribution in [0.5, 0.6) is 5.75 Å². The fraction of sp³-hybridized carbons (Fsp3) is 0.714. The predicted octanol–water partition coefficient (Wildman–Crippen LogP) is 4.27. The number of aliphatic hydroxyl groups excluding tert-OH is 1. The molecule has 3 rings (SSSR count). The van der Waals surface area contributed by atoms with Crippen LogP contribution in [0.15, 0.2) is 22.6 Å². The van der Waals surface area contributed by atoms with Crippen molar-refractivity contribution < 1.29 is 24.9 Å². The molecular formula is C28H43NO6. The summed E-state index contributed by atoms with van der Waals surface area (Å²) in [5.41, 5.74) is -0.879. The van der Waals surface area contributed by atoms with Gasteiger partial charge in [-0.1, -0.05) is 40.2 Å². The SMILES string of the molecule is CCC(C)CC(C)/C=C(/C)[C@@H]1O[C@H](c2c(O)c([C@@]3(O)CCC(=O)C[C@@H]3O)cn(C)c2=O)CC[C@H]1C. The van der Waals surface area contributed by atoms with E-state index in [1.54, 1.807) is 7.05 Å². The molecule has 196 valence electrons. The number of pyridine rings is 1. The first-order chi connectivity index (χ1) is 16.4. The smallest absolute Gasteiger partial charge is 0.259 e. The lowest BCUT2D eigenvalue weighted by molar-refractivity contribution is -0.143. The summed E-state index contributed by atoms with van der Waals surface area (Å²) < 4.78 is 7.79. The van der Waals surface area contributed by atoms with Crippen molar-refractivity contribution in [2.75, 3.05) is 0 Å². The fourth-order valence-electron chi connectivity index (χ4n) is 5.78. The predicted molar refractivity (Wildman–Crippen MR) is 135 cm³/mol. The number of aromatic hydroxyl groups is 1. The monoisotopic (exact) mass is 489 g/mol. The van der Waals surface area contributed by atoms with Crippen LogP contribution in [0.4, 0.5) is 0 Å². The van der Waals surface area contributed by atoms with Gasteiger partial charge in [0.05, 0.1) is 23.9 Å². The summed E-state index contributed by atoms with van der Waals surface area (Å²) in [5, 5.41) is 33.1. The number of nitrogens with zero attached hydrogens (tertiary/aromatic N) is 1. The van der Waals surface area contributed by atoms with Gasteiger partial charge < -0.3 is 24.6 Å². The standard InChI is InChI=1S/C28H43NO6/c1-7-16(2)12-17(3)13-19(5)26-18(4)8-9-22(35-26)24-25(32)21(15-29(6)27(24)33)28(34)11-10-20(30)14-23(28)31/h13,15-18,22-23,26,31-32,34H,7-12,14H2,1-6H3/b19-13-/t16?,17?,18-,22+,23+,26-,28+/m1/s1. The zero-order valence-electron chi connectivity index (χ0n) is 22.1. The molecule has 1 saturated heterocycles. The number of Topliss-reactive ketones (excluding diaryl/α,β-unsaturated/α-hetero) is 1. The van der Waals surface area contributed by atoms with Crippen molar-refractivity contribution in [3.63, 3.8) is 0 Å². The first-order valence-electron chi connectivity index (χ1n) is 13.1. The highest BCUT2D eigenvalue weighted by molar-refractivity contribution is 5.80. The number of hydrogen-bond acceptors (Lipinski definition) is 6. The van der Waals surface area contributed by atoms with Gasteiger partial charge in [0.25, 0.3) is 5.56 Å². The van der Waals surface area contributed by atoms with Gasteiger partial charge in [0.2, 0.25) is 0 Å². The number of hydrogen-bond donors (Lipinski definition) is 3. The Morgan fingerprint density at radius 2 is 2.00 bits per heavy atom. The van der Waals surface area contributed by atoms with Gasteiger partial charge in [0.1, 0.15) is 17.1 Å². The molecule has 1 aromatic rings. The molecule has 2 heterocycles. The summed E-state index contributed by atoms with van der Waals surface area (Å²) in [6.07, 6.45) is 5.01. The third kappa shape index (κ3) is 5.73. The fourth-order valence-corrected chi connectivity index (χ4v) is 5.78. The molecule has 7 nitrogen and oxygen atoms in total. The van der Waals surface area contributed by atoms with E-state index in [4.69, 9.17) is 4.74 Å². The quantitative estimate of drug-likeness (QED) is 0.494. The molecule has 2 fully saturated rings. The van der Waals surface area contributed by atoms with E-state index in [-0.39, 0.29) is 59.5 Å². The normalized spacial score (nSPS) is 31.9. The van der Waals surface area contributed by atoms with E-state index < -0.39 is 17.8 Å². The number of ketones is 1. The van der Waals surface area contributed by atoms with E-state index in [0.717, 1.165) is 24.8 Å². The van der Waals surface area contributed by atoms with Crippen LogP contribution in [0.3, 0.4) is 0 Å². The first-order valence-corrected chi connectivity index (χ1v) is 13.1. The second-order valence-electron chi connectivity index (χ2n) is 11.1. The Labute approximate surface area is 208 Å². The Bertz CT molecular complexity index is 1010. The van der Waals surface area contributed by atoms with Crippen molar-refractivity contribution in [1.82, 2.24) is 4.57 Å². The van der Waals surface area contributed by atoms with Crippen molar-refractivity contribution >= 4 is 5.78 Å². The molecule has 2 unspecified atom stereocenters. The van der Waals surface area contributed by atoms with Gasteiger partial charge in [0, 0.05) is 31.6 Å². The Morgan fingerprint density at radius 3 is 2.63 bits per heavy atom. The zero-order chi connectivity index (χ0) is 26.1. The van der Waals surface area contributed by atoms with E-state index in [9.17, 15) is 24.9 Å². The number of carbonyl (C=O) groups is 1. The summed E-state index contributed by atoms with van der Waals surface area (Å²) in [6.45, 7) is 10.9. The molecule has 0 radical (unpaired) electrons. The van der Waals surface area contributed by atoms with Crippen LogP contribution in [0.1, 0.15) is 96.8 Å². The van der Waals surface area contributed by atoms with E-state index in [2.05, 4.69) is 40.7 Å². The van der Waals surface area contributed by atoms with Crippen LogP contribution in [0.25, 0.3) is 0 Å². The minimum Gasteiger partial charge on any atom is -0.507 e. The van der Waals surface area contributed by atoms with Crippen LogP contribution >= 0.6 is 0 Å². The highest BCUT2D eigenvalue weighted by atomic mass is 16.5. The van der Waals surface area contributed by atoms with Crippen LogP contribution in [-0.2, 0) is 22.2 Å². The highest BCUT2D eigenvalue weighted by Crippen LogP contribution is 2.45. The van der Waals surface area contributed by atoms with Crippen LogP contribution < -0.4 is 5.56 Å². The Kier molecular flexibility index (Phi) is 8.66. The minimum atomic E-state index is -1.80. The molecule has 1 aromatic heterocycles. The molecule has 35 heavy (non-hydrogen) atoms. The van der Waals surface area contributed by atoms with Crippen molar-refractivity contribution in [2.24, 2.45) is 24.8 Å². The molecule has 1 saturated carbocycles. The number of aliphatic hydroxyl groups is 2. The number of aromatic nitrogens is 1. The summed E-state index contributed by atoms with van der Waals surface area (Å²) in [5.74, 6) is 0.849. The van der Waals surface area contributed by atoms with Gasteiger partial charge in [0.15, 0.2) is 0 Å². The summed E-state index contributed by atoms with van der Waals surface area (Å²) >= 11 is 0. The number of allylic oxidation sites excluding steroid dienone is 1. The summed E-state index contributed by atoms with van der Waals surface area (Å²) in [6, 6.07) is 0. The molecule has 0 spiro atoms. The van der Waals surface area contributed by atoms with Gasteiger partial charge in [-0.05, 0) is 55.9 Å². The molecule has 0 amide bonds. The molecule has 0 bridgehead atoms. The van der Waals surface area contributed by atoms with Crippen molar-refractivity contribution in [3.8, 4) is 5.75 Å². The Balaban J connectivity index is 1.95. The number of carbonyl (C=O) groups excluding carboxylic acids is 1. The lowest BCUT2D eigenvalue weighted by Gasteiger charge is -2.39. The topological polar surface area (TPSA) is 109 Å². The van der Waals surface area contributed by atoms with E-state index in [0.29, 0.717) is 18.3 Å². The van der Waals surface area contributed by atoms with Crippen molar-refractivity contribution in [1.29, 1.82) is 0 Å². The molecular weight excluding hydrogens is 446 g/mol. The van der Waals surface area contributed by atoms with Crippen LogP contribution in [0.2, 0.25) is 0 Å². The Hall–Kier alpha value is -1.96. The Morgan fingerprint density at radius 1 is 1.31 bits per heavy atom. The zero-order valence-corrected chi connectivity index (χ0v) is 22.1. The molecule has 2 aliphatic rings. The third-order valence-electron chi connectivity index (χ3n) is 8.11. The van der Waals surface area contributed by atoms with Crippen molar-refractivity contribution in [2.45, 2.75) is 103 Å². The van der Waals surface area contributed by atoms with Gasteiger partial charge in [-0.2, -0.15) is 0 Å². The van der Waals surface area contributed by atoms with Gasteiger partial charge in [-0.15, -0.1) is 0 Å². The second-order valence-corrected chi connectivity index (χ2v) is 11.1. The van der Waals surface area contributed by atoms with Crippen LogP contribution in [0, 0.1) is 17.8 Å². The molecule has 7 heteroatoms. The molecule has 1 aliphatic carbocycles. The van der Waals surface area contributed by atoms with Gasteiger partial charge in [-0.25, -0.2) is 0 Å². The molecule has 1 aliphatic heterocycles. The van der Waals surface area contributed by atoms with Crippen LogP contribution in [-0.4, -0.2) is 37.9 Å².